The Kier molecular flexibility index (Phi) is 6.08. The minimum atomic E-state index is -0.418. The molecule has 0 aliphatic heterocycles. The van der Waals surface area contributed by atoms with E-state index in [1.807, 2.05) is 20.8 Å². The number of ketones is 1. The van der Waals surface area contributed by atoms with E-state index in [-0.39, 0.29) is 18.0 Å². The van der Waals surface area contributed by atoms with Crippen molar-refractivity contribution in [1.29, 1.82) is 0 Å². The van der Waals surface area contributed by atoms with Crippen molar-refractivity contribution in [2.24, 2.45) is 0 Å². The normalized spacial score (nSPS) is 11.5. The number of esters is 1. The van der Waals surface area contributed by atoms with Gasteiger partial charge in [-0.2, -0.15) is 5.10 Å². The Hall–Kier alpha value is -1.69. The van der Waals surface area contributed by atoms with Crippen molar-refractivity contribution in [3.05, 3.63) is 17.5 Å². The summed E-state index contributed by atoms with van der Waals surface area (Å²) in [6, 6.07) is 0. The standard InChI is InChI=1S/C15H24N2O4/c1-6-20-14(19)12-9-17(8-7-11(2)18)16-13(12)10-21-15(3,4)5/h9H,6-8,10H2,1-5H3. The minimum Gasteiger partial charge on any atom is -0.462 e. The van der Waals surface area contributed by atoms with Crippen molar-refractivity contribution >= 4 is 11.8 Å². The summed E-state index contributed by atoms with van der Waals surface area (Å²) in [4.78, 5) is 23.0. The number of aromatic nitrogens is 2. The van der Waals surface area contributed by atoms with Gasteiger partial charge in [-0.25, -0.2) is 4.79 Å². The first-order valence-corrected chi connectivity index (χ1v) is 7.09. The second-order valence-electron chi connectivity index (χ2n) is 5.83. The molecule has 0 saturated heterocycles. The SMILES string of the molecule is CCOC(=O)c1cn(CCC(C)=O)nc1COC(C)(C)C. The van der Waals surface area contributed by atoms with Gasteiger partial charge < -0.3 is 9.47 Å². The highest BCUT2D eigenvalue weighted by atomic mass is 16.5. The number of carbonyl (C=O) groups excluding carboxylic acids is 2. The lowest BCUT2D eigenvalue weighted by Gasteiger charge is -2.18. The zero-order valence-electron chi connectivity index (χ0n) is 13.4. The molecule has 0 spiro atoms. The molecule has 118 valence electrons. The highest BCUT2D eigenvalue weighted by Crippen LogP contribution is 2.15. The fourth-order valence-electron chi connectivity index (χ4n) is 1.62. The number of rotatable bonds is 7. The number of aryl methyl sites for hydroxylation is 1. The van der Waals surface area contributed by atoms with Gasteiger partial charge >= 0.3 is 5.97 Å². The zero-order valence-corrected chi connectivity index (χ0v) is 13.4. The van der Waals surface area contributed by atoms with Gasteiger partial charge in [0.25, 0.3) is 0 Å². The maximum Gasteiger partial charge on any atom is 0.341 e. The third kappa shape index (κ3) is 6.08. The summed E-state index contributed by atoms with van der Waals surface area (Å²) >= 11 is 0. The van der Waals surface area contributed by atoms with Crippen LogP contribution in [0, 0.1) is 0 Å². The van der Waals surface area contributed by atoms with Gasteiger partial charge in [0.2, 0.25) is 0 Å². The lowest BCUT2D eigenvalue weighted by Crippen LogP contribution is -2.20. The number of hydrogen-bond donors (Lipinski definition) is 0. The summed E-state index contributed by atoms with van der Waals surface area (Å²) in [6.45, 7) is 10.1. The predicted octanol–water partition coefficient (Wildman–Crippen LogP) is 2.35. The molecular weight excluding hydrogens is 272 g/mol. The summed E-state index contributed by atoms with van der Waals surface area (Å²) in [5, 5.41) is 4.33. The van der Waals surface area contributed by atoms with Crippen molar-refractivity contribution in [3.63, 3.8) is 0 Å². The first-order valence-electron chi connectivity index (χ1n) is 7.09. The van der Waals surface area contributed by atoms with E-state index in [4.69, 9.17) is 9.47 Å². The molecule has 0 fully saturated rings. The highest BCUT2D eigenvalue weighted by molar-refractivity contribution is 5.90. The Morgan fingerprint density at radius 2 is 2.00 bits per heavy atom. The van der Waals surface area contributed by atoms with E-state index in [9.17, 15) is 9.59 Å². The van der Waals surface area contributed by atoms with Crippen molar-refractivity contribution < 1.29 is 19.1 Å². The second kappa shape index (κ2) is 7.36. The average molecular weight is 296 g/mol. The topological polar surface area (TPSA) is 70.4 Å². The Labute approximate surface area is 125 Å². The van der Waals surface area contributed by atoms with E-state index in [0.717, 1.165) is 0 Å². The average Bonchev–Trinajstić information content (AvgIpc) is 2.77. The minimum absolute atomic E-state index is 0.0793. The van der Waals surface area contributed by atoms with E-state index >= 15 is 0 Å². The van der Waals surface area contributed by atoms with Gasteiger partial charge in [0, 0.05) is 19.2 Å². The lowest BCUT2D eigenvalue weighted by atomic mass is 10.2. The van der Waals surface area contributed by atoms with E-state index in [2.05, 4.69) is 5.10 Å². The molecule has 0 aliphatic rings. The Morgan fingerprint density at radius 3 is 2.52 bits per heavy atom. The van der Waals surface area contributed by atoms with Crippen LogP contribution in [0.5, 0.6) is 0 Å². The molecule has 0 aliphatic carbocycles. The summed E-state index contributed by atoms with van der Waals surface area (Å²) in [5.41, 5.74) is 0.603. The fraction of sp³-hybridized carbons (Fsp3) is 0.667. The summed E-state index contributed by atoms with van der Waals surface area (Å²) in [5.74, 6) is -0.338. The molecule has 1 aromatic heterocycles. The highest BCUT2D eigenvalue weighted by Gasteiger charge is 2.20. The number of carbonyl (C=O) groups is 2. The predicted molar refractivity (Wildman–Crippen MR) is 78.0 cm³/mol. The summed E-state index contributed by atoms with van der Waals surface area (Å²) in [7, 11) is 0. The Bertz CT molecular complexity index is 500. The van der Waals surface area contributed by atoms with E-state index in [1.54, 1.807) is 17.8 Å². The molecule has 0 unspecified atom stereocenters. The molecule has 0 radical (unpaired) electrons. The molecule has 1 heterocycles. The van der Waals surface area contributed by atoms with Crippen LogP contribution in [0.15, 0.2) is 6.20 Å². The van der Waals surface area contributed by atoms with Crippen molar-refractivity contribution in [3.8, 4) is 0 Å². The monoisotopic (exact) mass is 296 g/mol. The quantitative estimate of drug-likeness (QED) is 0.722. The van der Waals surface area contributed by atoms with Crippen LogP contribution in [0.2, 0.25) is 0 Å². The van der Waals surface area contributed by atoms with Crippen LogP contribution < -0.4 is 0 Å². The first-order chi connectivity index (χ1) is 9.73. The number of ether oxygens (including phenoxy) is 2. The molecule has 0 amide bonds. The van der Waals surface area contributed by atoms with E-state index in [1.165, 1.54) is 6.92 Å². The van der Waals surface area contributed by atoms with Gasteiger partial charge in [-0.15, -0.1) is 0 Å². The largest absolute Gasteiger partial charge is 0.462 e. The van der Waals surface area contributed by atoms with Gasteiger partial charge in [-0.3, -0.25) is 9.48 Å². The fourth-order valence-corrected chi connectivity index (χ4v) is 1.62. The lowest BCUT2D eigenvalue weighted by molar-refractivity contribution is -0.117. The van der Waals surface area contributed by atoms with Crippen LogP contribution in [0.1, 0.15) is 57.1 Å². The molecule has 0 atom stereocenters. The van der Waals surface area contributed by atoms with Gasteiger partial charge in [0.15, 0.2) is 0 Å². The molecule has 1 rings (SSSR count). The maximum absolute atomic E-state index is 11.9. The molecule has 6 heteroatoms. The zero-order chi connectivity index (χ0) is 16.0. The van der Waals surface area contributed by atoms with Crippen LogP contribution in [-0.2, 0) is 27.4 Å². The van der Waals surface area contributed by atoms with Crippen LogP contribution in [-0.4, -0.2) is 33.7 Å². The van der Waals surface area contributed by atoms with Crippen LogP contribution >= 0.6 is 0 Å². The van der Waals surface area contributed by atoms with Crippen LogP contribution in [0.4, 0.5) is 0 Å². The van der Waals surface area contributed by atoms with E-state index in [0.29, 0.717) is 30.8 Å². The number of hydrogen-bond acceptors (Lipinski definition) is 5. The second-order valence-corrected chi connectivity index (χ2v) is 5.83. The molecule has 1 aromatic rings. The maximum atomic E-state index is 11.9. The molecular formula is C15H24N2O4. The van der Waals surface area contributed by atoms with Crippen LogP contribution in [0.3, 0.4) is 0 Å². The third-order valence-corrected chi connectivity index (χ3v) is 2.67. The first kappa shape index (κ1) is 17.4. The number of nitrogens with zero attached hydrogens (tertiary/aromatic N) is 2. The van der Waals surface area contributed by atoms with Crippen molar-refractivity contribution in [2.45, 2.75) is 59.8 Å². The Morgan fingerprint density at radius 1 is 1.33 bits per heavy atom. The van der Waals surface area contributed by atoms with Crippen molar-refractivity contribution in [1.82, 2.24) is 9.78 Å². The third-order valence-electron chi connectivity index (χ3n) is 2.67. The molecule has 21 heavy (non-hydrogen) atoms. The van der Waals surface area contributed by atoms with Gasteiger partial charge in [0.1, 0.15) is 17.0 Å². The van der Waals surface area contributed by atoms with Gasteiger partial charge in [-0.1, -0.05) is 0 Å². The van der Waals surface area contributed by atoms with E-state index < -0.39 is 5.97 Å². The molecule has 6 nitrogen and oxygen atoms in total. The van der Waals surface area contributed by atoms with Gasteiger partial charge in [0.05, 0.1) is 18.8 Å². The van der Waals surface area contributed by atoms with Crippen LogP contribution in [0.25, 0.3) is 0 Å². The Balaban J connectivity index is 2.90. The molecule has 0 aromatic carbocycles. The molecule has 0 bridgehead atoms. The van der Waals surface area contributed by atoms with Crippen molar-refractivity contribution in [2.75, 3.05) is 6.61 Å². The summed E-state index contributed by atoms with van der Waals surface area (Å²) in [6.07, 6.45) is 1.99. The smallest absolute Gasteiger partial charge is 0.341 e. The number of Topliss-reactive ketones (excluding diaryl/α,β-unsaturated/α-hetero) is 1. The van der Waals surface area contributed by atoms with Gasteiger partial charge in [-0.05, 0) is 34.6 Å². The molecule has 0 saturated carbocycles. The summed E-state index contributed by atoms with van der Waals surface area (Å²) < 4.78 is 12.3. The molecule has 0 N–H and O–H groups in total.